The van der Waals surface area contributed by atoms with Gasteiger partial charge < -0.3 is 16.2 Å². The molecule has 0 fully saturated rings. The van der Waals surface area contributed by atoms with Gasteiger partial charge in [-0.3, -0.25) is 4.79 Å². The first kappa shape index (κ1) is 15.2. The summed E-state index contributed by atoms with van der Waals surface area (Å²) in [7, 11) is 0. The van der Waals surface area contributed by atoms with Gasteiger partial charge in [-0.25, -0.2) is 0 Å². The van der Waals surface area contributed by atoms with Gasteiger partial charge in [0.1, 0.15) is 6.10 Å². The van der Waals surface area contributed by atoms with Crippen molar-refractivity contribution in [3.8, 4) is 0 Å². The molecule has 0 saturated heterocycles. The maximum Gasteiger partial charge on any atom is 0.250 e. The first-order valence-electron chi connectivity index (χ1n) is 6.96. The van der Waals surface area contributed by atoms with Crippen LogP contribution in [0.2, 0.25) is 0 Å². The molecule has 21 heavy (non-hydrogen) atoms. The molecule has 0 aliphatic heterocycles. The molecule has 0 radical (unpaired) electrons. The Morgan fingerprint density at radius 1 is 1.00 bits per heavy atom. The molecule has 4 nitrogen and oxygen atoms in total. The van der Waals surface area contributed by atoms with E-state index >= 15 is 0 Å². The van der Waals surface area contributed by atoms with E-state index in [1.165, 1.54) is 0 Å². The Kier molecular flexibility index (Phi) is 5.49. The van der Waals surface area contributed by atoms with Gasteiger partial charge in [0.05, 0.1) is 0 Å². The number of carbonyl (C=O) groups is 1. The maximum absolute atomic E-state index is 11.9. The summed E-state index contributed by atoms with van der Waals surface area (Å²) < 4.78 is 0. The van der Waals surface area contributed by atoms with E-state index in [4.69, 9.17) is 5.73 Å². The second-order valence-electron chi connectivity index (χ2n) is 5.00. The summed E-state index contributed by atoms with van der Waals surface area (Å²) in [6.45, 7) is 0.384. The zero-order valence-electron chi connectivity index (χ0n) is 11.8. The Morgan fingerprint density at radius 3 is 2.10 bits per heavy atom. The lowest BCUT2D eigenvalue weighted by atomic mass is 10.0. The lowest BCUT2D eigenvalue weighted by molar-refractivity contribution is -0.130. The predicted molar refractivity (Wildman–Crippen MR) is 82.4 cm³/mol. The van der Waals surface area contributed by atoms with Crippen molar-refractivity contribution in [1.82, 2.24) is 5.32 Å². The smallest absolute Gasteiger partial charge is 0.250 e. The Bertz CT molecular complexity index is 558. The predicted octanol–water partition coefficient (Wildman–Crippen LogP) is 1.23. The van der Waals surface area contributed by atoms with Gasteiger partial charge in [0.15, 0.2) is 0 Å². The summed E-state index contributed by atoms with van der Waals surface area (Å²) in [6.07, 6.45) is -0.755. The van der Waals surface area contributed by atoms with Gasteiger partial charge in [-0.2, -0.15) is 0 Å². The van der Waals surface area contributed by atoms with E-state index in [1.807, 2.05) is 60.7 Å². The average molecular weight is 284 g/mol. The first-order valence-corrected chi connectivity index (χ1v) is 6.96. The monoisotopic (exact) mass is 284 g/mol. The van der Waals surface area contributed by atoms with Crippen LogP contribution in [0.25, 0.3) is 0 Å². The van der Waals surface area contributed by atoms with Crippen LogP contribution in [0.1, 0.15) is 11.1 Å². The zero-order chi connectivity index (χ0) is 15.1. The van der Waals surface area contributed by atoms with Crippen LogP contribution in [-0.2, 0) is 17.8 Å². The van der Waals surface area contributed by atoms with E-state index in [9.17, 15) is 9.90 Å². The number of hydrogen-bond donors (Lipinski definition) is 3. The third-order valence-corrected chi connectivity index (χ3v) is 3.30. The maximum atomic E-state index is 11.9. The molecule has 2 rings (SSSR count). The van der Waals surface area contributed by atoms with Crippen molar-refractivity contribution in [2.75, 3.05) is 0 Å². The van der Waals surface area contributed by atoms with Crippen LogP contribution in [0.3, 0.4) is 0 Å². The number of aliphatic hydroxyl groups excluding tert-OH is 1. The third kappa shape index (κ3) is 4.70. The van der Waals surface area contributed by atoms with Crippen molar-refractivity contribution in [3.05, 3.63) is 71.8 Å². The van der Waals surface area contributed by atoms with E-state index in [0.717, 1.165) is 11.1 Å². The van der Waals surface area contributed by atoms with Gasteiger partial charge in [-0.15, -0.1) is 0 Å². The summed E-state index contributed by atoms with van der Waals surface area (Å²) >= 11 is 0. The van der Waals surface area contributed by atoms with Crippen molar-refractivity contribution in [3.63, 3.8) is 0 Å². The molecule has 0 heterocycles. The highest BCUT2D eigenvalue weighted by Crippen LogP contribution is 2.05. The summed E-state index contributed by atoms with van der Waals surface area (Å²) in [5.74, 6) is -0.442. The molecule has 0 aromatic heterocycles. The van der Waals surface area contributed by atoms with Gasteiger partial charge in [0, 0.05) is 12.6 Å². The van der Waals surface area contributed by atoms with Crippen LogP contribution in [0, 0.1) is 0 Å². The van der Waals surface area contributed by atoms with E-state index in [1.54, 1.807) is 0 Å². The minimum atomic E-state index is -1.21. The van der Waals surface area contributed by atoms with Gasteiger partial charge in [-0.05, 0) is 17.5 Å². The fourth-order valence-electron chi connectivity index (χ4n) is 2.08. The number of nitrogens with two attached hydrogens (primary N) is 1. The Labute approximate surface area is 124 Å². The van der Waals surface area contributed by atoms with Gasteiger partial charge in [-0.1, -0.05) is 60.7 Å². The van der Waals surface area contributed by atoms with Crippen LogP contribution >= 0.6 is 0 Å². The molecule has 2 aromatic carbocycles. The largest absolute Gasteiger partial charge is 0.382 e. The molecule has 4 heteroatoms. The highest BCUT2D eigenvalue weighted by molar-refractivity contribution is 5.81. The average Bonchev–Trinajstić information content (AvgIpc) is 2.53. The normalized spacial score (nSPS) is 13.4. The second kappa shape index (κ2) is 7.57. The van der Waals surface area contributed by atoms with Gasteiger partial charge >= 0.3 is 0 Å². The molecular formula is C17H20N2O2. The van der Waals surface area contributed by atoms with Crippen LogP contribution < -0.4 is 11.1 Å². The minimum Gasteiger partial charge on any atom is -0.382 e. The topological polar surface area (TPSA) is 75.3 Å². The zero-order valence-corrected chi connectivity index (χ0v) is 11.8. The van der Waals surface area contributed by atoms with Crippen molar-refractivity contribution >= 4 is 5.91 Å². The highest BCUT2D eigenvalue weighted by Gasteiger charge is 2.22. The summed E-state index contributed by atoms with van der Waals surface area (Å²) in [5, 5.41) is 12.7. The molecule has 0 aliphatic carbocycles. The number of hydrogen-bond acceptors (Lipinski definition) is 3. The SMILES string of the molecule is N[C@@H](Cc1ccccc1)[C@H](O)C(=O)NCc1ccccc1. The van der Waals surface area contributed by atoms with E-state index in [2.05, 4.69) is 5.32 Å². The van der Waals surface area contributed by atoms with Crippen molar-refractivity contribution in [1.29, 1.82) is 0 Å². The number of rotatable bonds is 6. The third-order valence-electron chi connectivity index (χ3n) is 3.30. The molecule has 110 valence electrons. The van der Waals surface area contributed by atoms with Crippen LogP contribution in [0.15, 0.2) is 60.7 Å². The van der Waals surface area contributed by atoms with Gasteiger partial charge in [0.2, 0.25) is 0 Å². The lowest BCUT2D eigenvalue weighted by Crippen LogP contribution is -2.47. The van der Waals surface area contributed by atoms with Crippen molar-refractivity contribution in [2.45, 2.75) is 25.1 Å². The second-order valence-corrected chi connectivity index (χ2v) is 5.00. The molecular weight excluding hydrogens is 264 g/mol. The number of carbonyl (C=O) groups excluding carboxylic acids is 1. The number of amides is 1. The summed E-state index contributed by atoms with van der Waals surface area (Å²) in [4.78, 5) is 11.9. The molecule has 0 unspecified atom stereocenters. The molecule has 2 atom stereocenters. The Morgan fingerprint density at radius 2 is 1.52 bits per heavy atom. The Balaban J connectivity index is 1.84. The fraction of sp³-hybridized carbons (Fsp3) is 0.235. The van der Waals surface area contributed by atoms with E-state index in [-0.39, 0.29) is 0 Å². The Hall–Kier alpha value is -2.17. The molecule has 0 saturated carbocycles. The molecule has 4 N–H and O–H groups in total. The van der Waals surface area contributed by atoms with Crippen LogP contribution in [0.5, 0.6) is 0 Å². The number of nitrogens with one attached hydrogen (secondary N) is 1. The molecule has 1 amide bonds. The van der Waals surface area contributed by atoms with Crippen molar-refractivity contribution < 1.29 is 9.90 Å². The van der Waals surface area contributed by atoms with E-state index < -0.39 is 18.1 Å². The highest BCUT2D eigenvalue weighted by atomic mass is 16.3. The molecule has 0 bridgehead atoms. The number of aliphatic hydroxyl groups is 1. The van der Waals surface area contributed by atoms with Gasteiger partial charge in [0.25, 0.3) is 5.91 Å². The molecule has 2 aromatic rings. The quantitative estimate of drug-likeness (QED) is 0.747. The van der Waals surface area contributed by atoms with Crippen molar-refractivity contribution in [2.24, 2.45) is 5.73 Å². The minimum absolute atomic E-state index is 0.384. The summed E-state index contributed by atoms with van der Waals surface area (Å²) in [6, 6.07) is 18.5. The van der Waals surface area contributed by atoms with Crippen LogP contribution in [0.4, 0.5) is 0 Å². The van der Waals surface area contributed by atoms with Crippen LogP contribution in [-0.4, -0.2) is 23.2 Å². The summed E-state index contributed by atoms with van der Waals surface area (Å²) in [5.41, 5.74) is 7.89. The lowest BCUT2D eigenvalue weighted by Gasteiger charge is -2.18. The molecule has 0 aliphatic rings. The fourth-order valence-corrected chi connectivity index (χ4v) is 2.08. The molecule has 0 spiro atoms. The standard InChI is InChI=1S/C17H20N2O2/c18-15(11-13-7-3-1-4-8-13)16(20)17(21)19-12-14-9-5-2-6-10-14/h1-10,15-16,20H,11-12,18H2,(H,19,21)/t15-,16-/m0/s1. The number of benzene rings is 2. The first-order chi connectivity index (χ1) is 10.2. The van der Waals surface area contributed by atoms with E-state index in [0.29, 0.717) is 13.0 Å².